The third kappa shape index (κ3) is 2.41. The average Bonchev–Trinajstić information content (AvgIpc) is 2.38. The van der Waals surface area contributed by atoms with Gasteiger partial charge >= 0.3 is 5.97 Å². The maximum atomic E-state index is 13.5. The van der Waals surface area contributed by atoms with Crippen molar-refractivity contribution in [1.29, 1.82) is 0 Å². The van der Waals surface area contributed by atoms with Gasteiger partial charge in [0.15, 0.2) is 0 Å². The van der Waals surface area contributed by atoms with Crippen LogP contribution in [0, 0.1) is 5.82 Å². The molecule has 2 aromatic rings. The molecule has 0 aliphatic carbocycles. The van der Waals surface area contributed by atoms with Crippen molar-refractivity contribution in [2.75, 3.05) is 7.11 Å². The van der Waals surface area contributed by atoms with Crippen LogP contribution in [0.25, 0.3) is 10.8 Å². The number of carbonyl (C=O) groups is 1. The van der Waals surface area contributed by atoms with Gasteiger partial charge in [0.1, 0.15) is 5.82 Å². The van der Waals surface area contributed by atoms with E-state index in [1.165, 1.54) is 19.4 Å². The zero-order valence-corrected chi connectivity index (χ0v) is 9.44. The van der Waals surface area contributed by atoms with Crippen molar-refractivity contribution in [1.82, 2.24) is 4.98 Å². The van der Waals surface area contributed by atoms with Crippen molar-refractivity contribution in [3.8, 4) is 0 Å². The Morgan fingerprint density at radius 3 is 2.94 bits per heavy atom. The number of nitrogens with zero attached hydrogens (tertiary/aromatic N) is 1. The van der Waals surface area contributed by atoms with E-state index in [1.807, 2.05) is 0 Å². The number of pyridine rings is 1. The quantitative estimate of drug-likeness (QED) is 0.764. The molecule has 0 N–H and O–H groups in total. The maximum absolute atomic E-state index is 13.5. The van der Waals surface area contributed by atoms with Crippen LogP contribution in [-0.2, 0) is 16.0 Å². The van der Waals surface area contributed by atoms with E-state index >= 15 is 0 Å². The van der Waals surface area contributed by atoms with E-state index in [2.05, 4.69) is 9.72 Å². The average molecular weight is 233 g/mol. The highest BCUT2D eigenvalue weighted by Gasteiger charge is 2.07. The molecule has 0 radical (unpaired) electrons. The largest absolute Gasteiger partial charge is 0.469 e. The highest BCUT2D eigenvalue weighted by molar-refractivity contribution is 5.85. The number of methoxy groups -OCH3 is 1. The van der Waals surface area contributed by atoms with Crippen molar-refractivity contribution in [2.24, 2.45) is 0 Å². The van der Waals surface area contributed by atoms with E-state index in [9.17, 15) is 9.18 Å². The van der Waals surface area contributed by atoms with E-state index in [0.29, 0.717) is 18.2 Å². The smallest absolute Gasteiger partial charge is 0.305 e. The van der Waals surface area contributed by atoms with E-state index < -0.39 is 0 Å². The fourth-order valence-corrected chi connectivity index (χ4v) is 1.77. The minimum Gasteiger partial charge on any atom is -0.469 e. The lowest BCUT2D eigenvalue weighted by molar-refractivity contribution is -0.140. The maximum Gasteiger partial charge on any atom is 0.305 e. The standard InChI is InChI=1S/C13H12FNO2/c1-17-13(16)5-3-9-2-4-12(14)11-8-15-7-6-10(9)11/h2,4,6-8H,3,5H2,1H3. The van der Waals surface area contributed by atoms with Crippen molar-refractivity contribution in [3.63, 3.8) is 0 Å². The number of aromatic nitrogens is 1. The summed E-state index contributed by atoms with van der Waals surface area (Å²) in [5.41, 5.74) is 0.925. The molecular weight excluding hydrogens is 221 g/mol. The minimum absolute atomic E-state index is 0.267. The second-order valence-electron chi connectivity index (χ2n) is 3.70. The summed E-state index contributed by atoms with van der Waals surface area (Å²) in [7, 11) is 1.36. The molecule has 0 aliphatic heterocycles. The van der Waals surface area contributed by atoms with Gasteiger partial charge in [-0.2, -0.15) is 0 Å². The third-order valence-electron chi connectivity index (χ3n) is 2.68. The van der Waals surface area contributed by atoms with Crippen LogP contribution in [0.5, 0.6) is 0 Å². The number of hydrogen-bond acceptors (Lipinski definition) is 3. The molecule has 0 aliphatic rings. The van der Waals surface area contributed by atoms with Gasteiger partial charge in [0.25, 0.3) is 0 Å². The van der Waals surface area contributed by atoms with E-state index in [-0.39, 0.29) is 11.8 Å². The summed E-state index contributed by atoms with van der Waals surface area (Å²) < 4.78 is 18.1. The summed E-state index contributed by atoms with van der Waals surface area (Å²) in [6, 6.07) is 4.85. The zero-order chi connectivity index (χ0) is 12.3. The number of fused-ring (bicyclic) bond motifs is 1. The van der Waals surface area contributed by atoms with E-state index in [0.717, 1.165) is 10.9 Å². The first-order valence-corrected chi connectivity index (χ1v) is 5.30. The summed E-state index contributed by atoms with van der Waals surface area (Å²) >= 11 is 0. The molecule has 0 amide bonds. The van der Waals surface area contributed by atoms with Gasteiger partial charge < -0.3 is 4.74 Å². The molecule has 2 rings (SSSR count). The van der Waals surface area contributed by atoms with Crippen LogP contribution in [0.4, 0.5) is 4.39 Å². The molecule has 0 spiro atoms. The van der Waals surface area contributed by atoms with Crippen LogP contribution in [0.1, 0.15) is 12.0 Å². The predicted molar refractivity (Wildman–Crippen MR) is 62.0 cm³/mol. The summed E-state index contributed by atoms with van der Waals surface area (Å²) in [5, 5.41) is 1.28. The van der Waals surface area contributed by atoms with Gasteiger partial charge in [0.2, 0.25) is 0 Å². The van der Waals surface area contributed by atoms with Crippen LogP contribution < -0.4 is 0 Å². The number of ether oxygens (including phenoxy) is 1. The fourth-order valence-electron chi connectivity index (χ4n) is 1.77. The lowest BCUT2D eigenvalue weighted by atomic mass is 10.0. The minimum atomic E-state index is -0.296. The van der Waals surface area contributed by atoms with Gasteiger partial charge in [0, 0.05) is 24.2 Å². The number of esters is 1. The first-order valence-electron chi connectivity index (χ1n) is 5.30. The number of aryl methyl sites for hydroxylation is 1. The summed E-state index contributed by atoms with van der Waals surface area (Å²) in [6.45, 7) is 0. The Hall–Kier alpha value is -1.97. The van der Waals surface area contributed by atoms with Crippen molar-refractivity contribution in [3.05, 3.63) is 42.0 Å². The summed E-state index contributed by atoms with van der Waals surface area (Å²) in [4.78, 5) is 15.0. The molecule has 3 nitrogen and oxygen atoms in total. The second-order valence-corrected chi connectivity index (χ2v) is 3.70. The normalized spacial score (nSPS) is 10.5. The Kier molecular flexibility index (Phi) is 3.32. The van der Waals surface area contributed by atoms with Gasteiger partial charge in [-0.15, -0.1) is 0 Å². The number of carbonyl (C=O) groups excluding carboxylic acids is 1. The van der Waals surface area contributed by atoms with Crippen LogP contribution in [0.15, 0.2) is 30.6 Å². The van der Waals surface area contributed by atoms with Crippen LogP contribution in [-0.4, -0.2) is 18.1 Å². The van der Waals surface area contributed by atoms with Gasteiger partial charge in [-0.1, -0.05) is 6.07 Å². The Labute approximate surface area is 98.2 Å². The van der Waals surface area contributed by atoms with Crippen molar-refractivity contribution >= 4 is 16.7 Å². The third-order valence-corrected chi connectivity index (χ3v) is 2.68. The topological polar surface area (TPSA) is 39.2 Å². The highest BCUT2D eigenvalue weighted by Crippen LogP contribution is 2.21. The van der Waals surface area contributed by atoms with Gasteiger partial charge in [0.05, 0.1) is 7.11 Å². The Balaban J connectivity index is 2.35. The Morgan fingerprint density at radius 2 is 2.18 bits per heavy atom. The molecule has 0 atom stereocenters. The van der Waals surface area contributed by atoms with E-state index in [1.54, 1.807) is 18.3 Å². The molecular formula is C13H12FNO2. The van der Waals surface area contributed by atoms with Gasteiger partial charge in [-0.3, -0.25) is 9.78 Å². The number of benzene rings is 1. The van der Waals surface area contributed by atoms with E-state index in [4.69, 9.17) is 0 Å². The van der Waals surface area contributed by atoms with Gasteiger partial charge in [-0.05, 0) is 29.5 Å². The highest BCUT2D eigenvalue weighted by atomic mass is 19.1. The number of halogens is 1. The van der Waals surface area contributed by atoms with Crippen molar-refractivity contribution in [2.45, 2.75) is 12.8 Å². The Morgan fingerprint density at radius 1 is 1.35 bits per heavy atom. The lowest BCUT2D eigenvalue weighted by Crippen LogP contribution is -2.02. The molecule has 4 heteroatoms. The Bertz CT molecular complexity index is 554. The monoisotopic (exact) mass is 233 g/mol. The van der Waals surface area contributed by atoms with Gasteiger partial charge in [-0.25, -0.2) is 4.39 Å². The first-order chi connectivity index (χ1) is 8.22. The zero-order valence-electron chi connectivity index (χ0n) is 9.44. The van der Waals surface area contributed by atoms with Crippen LogP contribution in [0.2, 0.25) is 0 Å². The second kappa shape index (κ2) is 4.91. The molecule has 1 heterocycles. The molecule has 17 heavy (non-hydrogen) atoms. The molecule has 1 aromatic heterocycles. The number of hydrogen-bond donors (Lipinski definition) is 0. The van der Waals surface area contributed by atoms with Crippen LogP contribution in [0.3, 0.4) is 0 Å². The van der Waals surface area contributed by atoms with Crippen molar-refractivity contribution < 1.29 is 13.9 Å². The van der Waals surface area contributed by atoms with Crippen LogP contribution >= 0.6 is 0 Å². The molecule has 0 unspecified atom stereocenters. The predicted octanol–water partition coefficient (Wildman–Crippen LogP) is 2.48. The molecule has 0 bridgehead atoms. The molecule has 0 saturated heterocycles. The summed E-state index contributed by atoms with van der Waals surface area (Å²) in [5.74, 6) is -0.563. The summed E-state index contributed by atoms with van der Waals surface area (Å²) in [6.07, 6.45) is 3.93. The SMILES string of the molecule is COC(=O)CCc1ccc(F)c2cnccc12. The fraction of sp³-hybridized carbons (Fsp3) is 0.231. The first kappa shape index (κ1) is 11.5. The molecule has 0 fully saturated rings. The molecule has 0 saturated carbocycles. The lowest BCUT2D eigenvalue weighted by Gasteiger charge is -2.06. The molecule has 88 valence electrons. The number of rotatable bonds is 3. The molecule has 1 aromatic carbocycles.